The molecule has 172 valence electrons. The van der Waals surface area contributed by atoms with E-state index in [9.17, 15) is 9.59 Å². The third-order valence-electron chi connectivity index (χ3n) is 4.73. The van der Waals surface area contributed by atoms with E-state index in [1.807, 2.05) is 36.4 Å². The van der Waals surface area contributed by atoms with Gasteiger partial charge >= 0.3 is 5.97 Å². The van der Waals surface area contributed by atoms with E-state index >= 15 is 0 Å². The molecule has 0 saturated carbocycles. The normalized spacial score (nSPS) is 14.1. The van der Waals surface area contributed by atoms with Crippen LogP contribution >= 0.6 is 56.8 Å². The van der Waals surface area contributed by atoms with Crippen molar-refractivity contribution in [2.75, 3.05) is 5.32 Å². The number of rotatable bonds is 6. The number of nitrogens with zero attached hydrogens (tertiary/aromatic N) is 1. The van der Waals surface area contributed by atoms with Crippen molar-refractivity contribution in [3.05, 3.63) is 95.2 Å². The molecule has 0 spiro atoms. The van der Waals surface area contributed by atoms with Crippen LogP contribution in [0.5, 0.6) is 5.75 Å². The molecule has 1 heterocycles. The van der Waals surface area contributed by atoms with Crippen molar-refractivity contribution in [3.63, 3.8) is 0 Å². The number of carbonyl (C=O) groups excluding carboxylic acids is 2. The minimum absolute atomic E-state index is 0.160. The summed E-state index contributed by atoms with van der Waals surface area (Å²) in [5.41, 5.74) is 3.20. The predicted octanol–water partition coefficient (Wildman–Crippen LogP) is 6.43. The first kappa shape index (κ1) is 24.7. The molecule has 1 amide bonds. The summed E-state index contributed by atoms with van der Waals surface area (Å²) in [6, 6.07) is 18.3. The number of esters is 1. The second-order valence-electron chi connectivity index (χ2n) is 7.29. The van der Waals surface area contributed by atoms with Gasteiger partial charge in [0, 0.05) is 28.8 Å². The fourth-order valence-electron chi connectivity index (χ4n) is 3.16. The molecule has 0 fully saturated rings. The molecular weight excluding hydrogens is 682 g/mol. The molecule has 34 heavy (non-hydrogen) atoms. The first-order valence-electron chi connectivity index (χ1n) is 10.1. The van der Waals surface area contributed by atoms with Gasteiger partial charge in [-0.15, -0.1) is 0 Å². The van der Waals surface area contributed by atoms with Gasteiger partial charge in [-0.25, -0.2) is 9.79 Å². The second kappa shape index (κ2) is 10.9. The summed E-state index contributed by atoms with van der Waals surface area (Å²) in [4.78, 5) is 27.9. The van der Waals surface area contributed by atoms with Gasteiger partial charge in [0.25, 0.3) is 0 Å². The molecule has 0 radical (unpaired) electrons. The molecule has 0 atom stereocenters. The topological polar surface area (TPSA) is 77.0 Å². The third-order valence-corrected chi connectivity index (χ3v) is 6.70. The zero-order chi connectivity index (χ0) is 24.2. The summed E-state index contributed by atoms with van der Waals surface area (Å²) in [6.45, 7) is 1.79. The predicted molar refractivity (Wildman–Crippen MR) is 149 cm³/mol. The Morgan fingerprint density at radius 3 is 2.44 bits per heavy atom. The lowest BCUT2D eigenvalue weighted by molar-refractivity contribution is -0.129. The fourth-order valence-corrected chi connectivity index (χ4v) is 5.47. The molecule has 3 aromatic rings. The summed E-state index contributed by atoms with van der Waals surface area (Å²) in [7, 11) is 0. The SMILES string of the molecule is CC(=O)Nc1ccc(C2=N/C(=C\c3cc(I)c(OCc4ccccc4Cl)c(I)c3)C(=O)O2)cc1. The van der Waals surface area contributed by atoms with Crippen LogP contribution in [0.2, 0.25) is 5.02 Å². The molecule has 1 N–H and O–H groups in total. The van der Waals surface area contributed by atoms with E-state index in [2.05, 4.69) is 55.5 Å². The number of cyclic esters (lactones) is 1. The lowest BCUT2D eigenvalue weighted by Gasteiger charge is -2.12. The molecule has 0 unspecified atom stereocenters. The van der Waals surface area contributed by atoms with Crippen molar-refractivity contribution in [2.45, 2.75) is 13.5 Å². The Bertz CT molecular complexity index is 1310. The zero-order valence-electron chi connectivity index (χ0n) is 17.8. The van der Waals surface area contributed by atoms with E-state index in [0.29, 0.717) is 22.9 Å². The molecule has 1 aliphatic rings. The highest BCUT2D eigenvalue weighted by atomic mass is 127. The Hall–Kier alpha value is -2.44. The molecule has 6 nitrogen and oxygen atoms in total. The largest absolute Gasteiger partial charge is 0.487 e. The van der Waals surface area contributed by atoms with Crippen molar-refractivity contribution in [1.82, 2.24) is 0 Å². The summed E-state index contributed by atoms with van der Waals surface area (Å²) in [6.07, 6.45) is 1.68. The van der Waals surface area contributed by atoms with Crippen molar-refractivity contribution in [2.24, 2.45) is 4.99 Å². The summed E-state index contributed by atoms with van der Waals surface area (Å²) >= 11 is 10.6. The van der Waals surface area contributed by atoms with Gasteiger partial charge in [-0.3, -0.25) is 4.79 Å². The van der Waals surface area contributed by atoms with Gasteiger partial charge in [0.15, 0.2) is 5.70 Å². The number of halogens is 3. The molecule has 0 aromatic heterocycles. The first-order chi connectivity index (χ1) is 16.3. The number of amides is 1. The summed E-state index contributed by atoms with van der Waals surface area (Å²) in [5.74, 6) is 0.285. The van der Waals surface area contributed by atoms with E-state index in [4.69, 9.17) is 21.1 Å². The number of benzene rings is 3. The highest BCUT2D eigenvalue weighted by Gasteiger charge is 2.24. The lowest BCUT2D eigenvalue weighted by atomic mass is 10.2. The zero-order valence-corrected chi connectivity index (χ0v) is 22.8. The average molecular weight is 699 g/mol. The van der Waals surface area contributed by atoms with Crippen LogP contribution in [0, 0.1) is 7.14 Å². The maximum absolute atomic E-state index is 12.4. The molecular formula is C25H17ClI2N2O4. The van der Waals surface area contributed by atoms with Crippen molar-refractivity contribution in [1.29, 1.82) is 0 Å². The van der Waals surface area contributed by atoms with Crippen LogP contribution in [-0.4, -0.2) is 17.8 Å². The Morgan fingerprint density at radius 2 is 1.79 bits per heavy atom. The molecule has 1 aliphatic heterocycles. The average Bonchev–Trinajstić information content (AvgIpc) is 3.14. The Kier molecular flexibility index (Phi) is 7.89. The summed E-state index contributed by atoms with van der Waals surface area (Å²) < 4.78 is 13.2. The summed E-state index contributed by atoms with van der Waals surface area (Å²) in [5, 5.41) is 3.35. The minimum atomic E-state index is -0.523. The van der Waals surface area contributed by atoms with Crippen LogP contribution in [0.3, 0.4) is 0 Å². The molecule has 9 heteroatoms. The van der Waals surface area contributed by atoms with Gasteiger partial charge in [-0.1, -0.05) is 29.8 Å². The Balaban J connectivity index is 1.53. The van der Waals surface area contributed by atoms with Crippen molar-refractivity contribution < 1.29 is 19.1 Å². The van der Waals surface area contributed by atoms with Gasteiger partial charge < -0.3 is 14.8 Å². The van der Waals surface area contributed by atoms with Crippen LogP contribution < -0.4 is 10.1 Å². The molecule has 0 saturated heterocycles. The van der Waals surface area contributed by atoms with Crippen LogP contribution in [0.25, 0.3) is 6.08 Å². The van der Waals surface area contributed by atoms with E-state index < -0.39 is 5.97 Å². The molecule has 3 aromatic carbocycles. The van der Waals surface area contributed by atoms with Crippen LogP contribution in [0.1, 0.15) is 23.6 Å². The minimum Gasteiger partial charge on any atom is -0.487 e. The Morgan fingerprint density at radius 1 is 1.12 bits per heavy atom. The first-order valence-corrected chi connectivity index (χ1v) is 12.6. The lowest BCUT2D eigenvalue weighted by Crippen LogP contribution is -2.07. The van der Waals surface area contributed by atoms with E-state index in [1.54, 1.807) is 30.3 Å². The highest BCUT2D eigenvalue weighted by Crippen LogP contribution is 2.32. The van der Waals surface area contributed by atoms with E-state index in [-0.39, 0.29) is 17.5 Å². The fraction of sp³-hybridized carbons (Fsp3) is 0.0800. The molecule has 0 aliphatic carbocycles. The van der Waals surface area contributed by atoms with Crippen LogP contribution in [0.15, 0.2) is 71.4 Å². The van der Waals surface area contributed by atoms with Gasteiger partial charge in [0.05, 0.1) is 7.14 Å². The van der Waals surface area contributed by atoms with Crippen LogP contribution in [0.4, 0.5) is 5.69 Å². The third kappa shape index (κ3) is 5.97. The van der Waals surface area contributed by atoms with E-state index in [0.717, 1.165) is 24.0 Å². The van der Waals surface area contributed by atoms with Crippen LogP contribution in [-0.2, 0) is 20.9 Å². The second-order valence-corrected chi connectivity index (χ2v) is 10.0. The number of anilines is 1. The highest BCUT2D eigenvalue weighted by molar-refractivity contribution is 14.1. The van der Waals surface area contributed by atoms with E-state index in [1.165, 1.54) is 6.92 Å². The monoisotopic (exact) mass is 698 g/mol. The number of hydrogen-bond acceptors (Lipinski definition) is 5. The van der Waals surface area contributed by atoms with Crippen molar-refractivity contribution in [3.8, 4) is 5.75 Å². The van der Waals surface area contributed by atoms with Gasteiger partial charge in [-0.2, -0.15) is 0 Å². The smallest absolute Gasteiger partial charge is 0.363 e. The standard InChI is InChI=1S/C25H17ClI2N2O4/c1-14(31)29-18-8-6-16(7-9-18)24-30-22(25(32)34-24)12-15-10-20(27)23(21(28)11-15)33-13-17-4-2-3-5-19(17)26/h2-12H,13H2,1H3,(H,29,31)/b22-12-. The number of ether oxygens (including phenoxy) is 2. The van der Waals surface area contributed by atoms with Gasteiger partial charge in [0.2, 0.25) is 11.8 Å². The quantitative estimate of drug-likeness (QED) is 0.183. The molecule has 0 bridgehead atoms. The van der Waals surface area contributed by atoms with Crippen molar-refractivity contribution >= 4 is 86.3 Å². The Labute approximate surface area is 228 Å². The van der Waals surface area contributed by atoms with Gasteiger partial charge in [-0.05, 0) is 99.3 Å². The van der Waals surface area contributed by atoms with Gasteiger partial charge in [0.1, 0.15) is 12.4 Å². The number of hydrogen-bond donors (Lipinski definition) is 1. The number of aliphatic imine (C=N–C) groups is 1. The molecule has 4 rings (SSSR count). The number of carbonyl (C=O) groups is 2. The number of nitrogens with one attached hydrogen (secondary N) is 1. The maximum atomic E-state index is 12.4. The maximum Gasteiger partial charge on any atom is 0.363 e.